The molecule has 0 spiro atoms. The Kier molecular flexibility index (Phi) is 5.57. The SMILES string of the molecule is Cc1nc(Nc2ccc(NC(=O)c3snnc3C)cc2)cc(Nc2ccccn2)n1. The minimum atomic E-state index is -0.222. The fraction of sp³-hybridized carbons (Fsp3) is 0.100. The molecule has 10 heteroatoms. The van der Waals surface area contributed by atoms with Crippen LogP contribution in [-0.2, 0) is 0 Å². The predicted octanol–water partition coefficient (Wildman–Crippen LogP) is 4.08. The van der Waals surface area contributed by atoms with Crippen LogP contribution in [0.5, 0.6) is 0 Å². The number of pyridine rings is 1. The second-order valence-corrected chi connectivity index (χ2v) is 7.12. The zero-order valence-electron chi connectivity index (χ0n) is 16.2. The van der Waals surface area contributed by atoms with E-state index in [1.807, 2.05) is 49.4 Å². The van der Waals surface area contributed by atoms with E-state index in [1.165, 1.54) is 0 Å². The van der Waals surface area contributed by atoms with E-state index in [0.717, 1.165) is 17.2 Å². The monoisotopic (exact) mass is 418 g/mol. The van der Waals surface area contributed by atoms with Gasteiger partial charge in [-0.25, -0.2) is 15.0 Å². The fourth-order valence-corrected chi connectivity index (χ4v) is 3.23. The van der Waals surface area contributed by atoms with Crippen LogP contribution >= 0.6 is 11.5 Å². The third-order valence-electron chi connectivity index (χ3n) is 4.03. The van der Waals surface area contributed by atoms with Crippen molar-refractivity contribution in [2.45, 2.75) is 13.8 Å². The van der Waals surface area contributed by atoms with Crippen molar-refractivity contribution in [2.75, 3.05) is 16.0 Å². The summed E-state index contributed by atoms with van der Waals surface area (Å²) in [7, 11) is 0. The van der Waals surface area contributed by atoms with Crippen LogP contribution in [0.4, 0.5) is 28.8 Å². The Hall–Kier alpha value is -3.92. The molecular weight excluding hydrogens is 400 g/mol. The van der Waals surface area contributed by atoms with Gasteiger partial charge in [-0.1, -0.05) is 10.6 Å². The van der Waals surface area contributed by atoms with Gasteiger partial charge < -0.3 is 16.0 Å². The van der Waals surface area contributed by atoms with Gasteiger partial charge in [0.25, 0.3) is 5.91 Å². The third kappa shape index (κ3) is 4.73. The van der Waals surface area contributed by atoms with E-state index in [2.05, 4.69) is 40.5 Å². The number of amides is 1. The number of carbonyl (C=O) groups is 1. The number of hydrogen-bond acceptors (Lipinski definition) is 9. The molecule has 0 saturated heterocycles. The molecule has 1 aromatic carbocycles. The van der Waals surface area contributed by atoms with Gasteiger partial charge in [0, 0.05) is 23.6 Å². The summed E-state index contributed by atoms with van der Waals surface area (Å²) in [6.07, 6.45) is 1.71. The number of aromatic nitrogens is 5. The van der Waals surface area contributed by atoms with E-state index in [4.69, 9.17) is 0 Å². The largest absolute Gasteiger partial charge is 0.340 e. The Morgan fingerprint density at radius 1 is 0.900 bits per heavy atom. The van der Waals surface area contributed by atoms with Crippen LogP contribution in [0, 0.1) is 13.8 Å². The smallest absolute Gasteiger partial charge is 0.269 e. The molecule has 0 fully saturated rings. The maximum absolute atomic E-state index is 12.3. The van der Waals surface area contributed by atoms with Crippen molar-refractivity contribution in [3.05, 3.63) is 71.1 Å². The Bertz CT molecular complexity index is 1160. The summed E-state index contributed by atoms with van der Waals surface area (Å²) in [5.41, 5.74) is 2.12. The Morgan fingerprint density at radius 3 is 2.30 bits per heavy atom. The molecule has 0 aliphatic rings. The van der Waals surface area contributed by atoms with Gasteiger partial charge in [0.05, 0.1) is 5.69 Å². The van der Waals surface area contributed by atoms with Gasteiger partial charge in [-0.3, -0.25) is 4.79 Å². The molecule has 4 rings (SSSR count). The molecule has 0 atom stereocenters. The molecule has 0 radical (unpaired) electrons. The number of rotatable bonds is 6. The molecule has 4 aromatic rings. The topological polar surface area (TPSA) is 118 Å². The van der Waals surface area contributed by atoms with E-state index in [-0.39, 0.29) is 5.91 Å². The summed E-state index contributed by atoms with van der Waals surface area (Å²) in [5.74, 6) is 2.38. The van der Waals surface area contributed by atoms with Gasteiger partial charge in [-0.05, 0) is 61.8 Å². The molecule has 0 saturated carbocycles. The fourth-order valence-electron chi connectivity index (χ4n) is 2.68. The normalized spacial score (nSPS) is 10.5. The summed E-state index contributed by atoms with van der Waals surface area (Å²) >= 11 is 1.07. The lowest BCUT2D eigenvalue weighted by atomic mass is 10.2. The summed E-state index contributed by atoms with van der Waals surface area (Å²) < 4.78 is 3.79. The maximum atomic E-state index is 12.3. The molecule has 3 heterocycles. The summed E-state index contributed by atoms with van der Waals surface area (Å²) in [4.78, 5) is 25.8. The molecule has 150 valence electrons. The Balaban J connectivity index is 1.44. The molecule has 0 aliphatic carbocycles. The van der Waals surface area contributed by atoms with Crippen molar-refractivity contribution in [2.24, 2.45) is 0 Å². The first kappa shape index (κ1) is 19.4. The maximum Gasteiger partial charge on any atom is 0.269 e. The lowest BCUT2D eigenvalue weighted by molar-refractivity contribution is 0.103. The van der Waals surface area contributed by atoms with Crippen LogP contribution in [0.15, 0.2) is 54.7 Å². The highest BCUT2D eigenvalue weighted by molar-refractivity contribution is 7.08. The van der Waals surface area contributed by atoms with Crippen molar-refractivity contribution < 1.29 is 4.79 Å². The first-order chi connectivity index (χ1) is 14.6. The number of aryl methyl sites for hydroxylation is 2. The minimum absolute atomic E-state index is 0.222. The Morgan fingerprint density at radius 2 is 1.63 bits per heavy atom. The molecule has 0 unspecified atom stereocenters. The van der Waals surface area contributed by atoms with Gasteiger partial charge >= 0.3 is 0 Å². The number of nitrogens with one attached hydrogen (secondary N) is 3. The van der Waals surface area contributed by atoms with Gasteiger partial charge in [-0.2, -0.15) is 0 Å². The average Bonchev–Trinajstić information content (AvgIpc) is 3.16. The highest BCUT2D eigenvalue weighted by atomic mass is 32.1. The minimum Gasteiger partial charge on any atom is -0.340 e. The Labute approximate surface area is 176 Å². The number of benzene rings is 1. The van der Waals surface area contributed by atoms with E-state index in [9.17, 15) is 4.79 Å². The number of nitrogens with zero attached hydrogens (tertiary/aromatic N) is 5. The van der Waals surface area contributed by atoms with Crippen LogP contribution < -0.4 is 16.0 Å². The zero-order chi connectivity index (χ0) is 20.9. The molecule has 3 N–H and O–H groups in total. The van der Waals surface area contributed by atoms with Crippen LogP contribution in [0.3, 0.4) is 0 Å². The molecule has 3 aromatic heterocycles. The van der Waals surface area contributed by atoms with Gasteiger partial charge in [-0.15, -0.1) is 5.10 Å². The van der Waals surface area contributed by atoms with Crippen LogP contribution in [0.25, 0.3) is 0 Å². The van der Waals surface area contributed by atoms with Crippen LogP contribution in [0.1, 0.15) is 21.2 Å². The van der Waals surface area contributed by atoms with E-state index in [0.29, 0.717) is 39.5 Å². The number of anilines is 5. The molecule has 0 aliphatic heterocycles. The van der Waals surface area contributed by atoms with Gasteiger partial charge in [0.15, 0.2) is 0 Å². The summed E-state index contributed by atoms with van der Waals surface area (Å²) in [6, 6.07) is 14.8. The van der Waals surface area contributed by atoms with E-state index >= 15 is 0 Å². The molecule has 30 heavy (non-hydrogen) atoms. The molecule has 9 nitrogen and oxygen atoms in total. The predicted molar refractivity (Wildman–Crippen MR) is 117 cm³/mol. The van der Waals surface area contributed by atoms with Crippen LogP contribution in [-0.4, -0.2) is 30.4 Å². The lowest BCUT2D eigenvalue weighted by Crippen LogP contribution is -2.11. The van der Waals surface area contributed by atoms with Crippen molar-refractivity contribution in [3.63, 3.8) is 0 Å². The third-order valence-corrected chi connectivity index (χ3v) is 4.86. The van der Waals surface area contributed by atoms with Crippen molar-refractivity contribution in [3.8, 4) is 0 Å². The van der Waals surface area contributed by atoms with Crippen molar-refractivity contribution in [1.82, 2.24) is 24.5 Å². The number of hydrogen-bond donors (Lipinski definition) is 3. The first-order valence-electron chi connectivity index (χ1n) is 9.08. The second-order valence-electron chi connectivity index (χ2n) is 6.37. The van der Waals surface area contributed by atoms with Crippen molar-refractivity contribution >= 4 is 46.3 Å². The molecule has 0 bridgehead atoms. The highest BCUT2D eigenvalue weighted by Gasteiger charge is 2.13. The first-order valence-corrected chi connectivity index (χ1v) is 9.85. The van der Waals surface area contributed by atoms with Crippen molar-refractivity contribution in [1.29, 1.82) is 0 Å². The van der Waals surface area contributed by atoms with E-state index < -0.39 is 0 Å². The van der Waals surface area contributed by atoms with Gasteiger partial charge in [0.2, 0.25) is 0 Å². The lowest BCUT2D eigenvalue weighted by Gasteiger charge is -2.10. The average molecular weight is 418 g/mol. The second kappa shape index (κ2) is 8.62. The van der Waals surface area contributed by atoms with E-state index in [1.54, 1.807) is 19.2 Å². The van der Waals surface area contributed by atoms with Gasteiger partial charge in [0.1, 0.15) is 28.2 Å². The molecule has 1 amide bonds. The zero-order valence-corrected chi connectivity index (χ0v) is 17.1. The molecular formula is C20H18N8OS. The highest BCUT2D eigenvalue weighted by Crippen LogP contribution is 2.21. The number of carbonyl (C=O) groups excluding carboxylic acids is 1. The summed E-state index contributed by atoms with van der Waals surface area (Å²) in [5, 5.41) is 13.1. The summed E-state index contributed by atoms with van der Waals surface area (Å²) in [6.45, 7) is 3.58. The quantitative estimate of drug-likeness (QED) is 0.429. The van der Waals surface area contributed by atoms with Crippen LogP contribution in [0.2, 0.25) is 0 Å². The standard InChI is InChI=1S/C20H18N8OS/c1-12-19(30-28-27-12)20(29)25-15-8-6-14(7-9-15)24-17-11-18(23-13(2)22-17)26-16-5-3-4-10-21-16/h3-11H,1-2H3,(H,25,29)(H2,21,22,23,24,26).